The van der Waals surface area contributed by atoms with Crippen LogP contribution in [-0.2, 0) is 4.79 Å². The first kappa shape index (κ1) is 18.0. The Labute approximate surface area is 158 Å². The number of aliphatic carboxylic acids is 1. The number of nitrogens with zero attached hydrogens (tertiary/aromatic N) is 2. The second-order valence-corrected chi connectivity index (χ2v) is 7.82. The number of piperidine rings is 1. The van der Waals surface area contributed by atoms with E-state index < -0.39 is 5.97 Å². The van der Waals surface area contributed by atoms with Crippen molar-refractivity contribution in [3.8, 4) is 5.69 Å². The van der Waals surface area contributed by atoms with Crippen LogP contribution in [0.3, 0.4) is 0 Å². The number of rotatable bonds is 4. The zero-order chi connectivity index (χ0) is 18.8. The molecule has 1 aromatic heterocycles. The lowest BCUT2D eigenvalue weighted by Gasteiger charge is -2.26. The molecule has 1 aliphatic heterocycles. The van der Waals surface area contributed by atoms with Crippen LogP contribution < -0.4 is 11.0 Å². The average molecular weight is 369 g/mol. The second kappa shape index (κ2) is 7.72. The van der Waals surface area contributed by atoms with E-state index in [-0.39, 0.29) is 17.6 Å². The van der Waals surface area contributed by atoms with Gasteiger partial charge in [0.15, 0.2) is 0 Å². The van der Waals surface area contributed by atoms with Crippen LogP contribution in [0.1, 0.15) is 56.0 Å². The van der Waals surface area contributed by atoms with Crippen molar-refractivity contribution >= 4 is 5.97 Å². The van der Waals surface area contributed by atoms with E-state index in [9.17, 15) is 9.59 Å². The second-order valence-electron chi connectivity index (χ2n) is 7.82. The number of carboxylic acids is 1. The molecule has 2 aliphatic rings. The summed E-state index contributed by atoms with van der Waals surface area (Å²) < 4.78 is 3.47. The summed E-state index contributed by atoms with van der Waals surface area (Å²) in [6.07, 6.45) is 8.76. The predicted molar refractivity (Wildman–Crippen MR) is 104 cm³/mol. The minimum Gasteiger partial charge on any atom is -0.481 e. The summed E-state index contributed by atoms with van der Waals surface area (Å²) in [4.78, 5) is 24.0. The van der Waals surface area contributed by atoms with Gasteiger partial charge in [0, 0.05) is 18.4 Å². The monoisotopic (exact) mass is 369 g/mol. The molecule has 1 saturated heterocycles. The first-order valence-electron chi connectivity index (χ1n) is 9.97. The van der Waals surface area contributed by atoms with Gasteiger partial charge in [-0.25, -0.2) is 4.79 Å². The van der Waals surface area contributed by atoms with Gasteiger partial charge in [0.2, 0.25) is 0 Å². The van der Waals surface area contributed by atoms with E-state index in [1.54, 1.807) is 9.13 Å². The van der Waals surface area contributed by atoms with E-state index >= 15 is 0 Å². The molecule has 1 aromatic carbocycles. The van der Waals surface area contributed by atoms with Gasteiger partial charge >= 0.3 is 11.7 Å². The third-order valence-electron chi connectivity index (χ3n) is 6.22. The third kappa shape index (κ3) is 3.72. The molecule has 0 atom stereocenters. The molecule has 0 bridgehead atoms. The fourth-order valence-electron chi connectivity index (χ4n) is 4.53. The summed E-state index contributed by atoms with van der Waals surface area (Å²) >= 11 is 0. The molecule has 2 aromatic rings. The third-order valence-corrected chi connectivity index (χ3v) is 6.22. The molecule has 0 amide bonds. The number of carboxylic acid groups (broad SMARTS) is 1. The SMILES string of the molecule is O=C(O)C1CCC(n2ccn(-c3ccc(C4CCNCC4)cc3)c2=O)CC1. The first-order chi connectivity index (χ1) is 13.1. The van der Waals surface area contributed by atoms with Crippen molar-refractivity contribution in [1.82, 2.24) is 14.5 Å². The summed E-state index contributed by atoms with van der Waals surface area (Å²) in [7, 11) is 0. The van der Waals surface area contributed by atoms with Gasteiger partial charge in [0.1, 0.15) is 0 Å². The fourth-order valence-corrected chi connectivity index (χ4v) is 4.53. The minimum atomic E-state index is -0.716. The van der Waals surface area contributed by atoms with E-state index in [1.165, 1.54) is 5.56 Å². The number of carbonyl (C=O) groups is 1. The Bertz CT molecular complexity index is 838. The Hall–Kier alpha value is -2.34. The molecule has 144 valence electrons. The van der Waals surface area contributed by atoms with E-state index in [2.05, 4.69) is 17.4 Å². The predicted octanol–water partition coefficient (Wildman–Crippen LogP) is 2.92. The van der Waals surface area contributed by atoms with Crippen LogP contribution in [0.15, 0.2) is 41.5 Å². The first-order valence-corrected chi connectivity index (χ1v) is 9.97. The molecule has 6 heteroatoms. The Morgan fingerprint density at radius 1 is 0.963 bits per heavy atom. The summed E-state index contributed by atoms with van der Waals surface area (Å²) in [6.45, 7) is 2.14. The molecule has 0 unspecified atom stereocenters. The molecule has 2 heterocycles. The molecule has 6 nitrogen and oxygen atoms in total. The highest BCUT2D eigenvalue weighted by Gasteiger charge is 2.27. The number of nitrogens with one attached hydrogen (secondary N) is 1. The van der Waals surface area contributed by atoms with Crippen LogP contribution in [-0.4, -0.2) is 33.3 Å². The van der Waals surface area contributed by atoms with Gasteiger partial charge in [-0.3, -0.25) is 13.9 Å². The van der Waals surface area contributed by atoms with Gasteiger partial charge in [-0.15, -0.1) is 0 Å². The molecular weight excluding hydrogens is 342 g/mol. The minimum absolute atomic E-state index is 0.0385. The lowest BCUT2D eigenvalue weighted by atomic mass is 9.86. The Morgan fingerprint density at radius 2 is 1.63 bits per heavy atom. The van der Waals surface area contributed by atoms with Crippen molar-refractivity contribution < 1.29 is 9.90 Å². The summed E-state index contributed by atoms with van der Waals surface area (Å²) in [5, 5.41) is 12.5. The van der Waals surface area contributed by atoms with Crippen molar-refractivity contribution in [3.05, 3.63) is 52.7 Å². The molecular formula is C21H27N3O3. The van der Waals surface area contributed by atoms with Crippen molar-refractivity contribution in [1.29, 1.82) is 0 Å². The number of aromatic nitrogens is 2. The summed E-state index contributed by atoms with van der Waals surface area (Å²) in [5.41, 5.74) is 2.19. The van der Waals surface area contributed by atoms with Crippen LogP contribution in [0.5, 0.6) is 0 Å². The molecule has 2 fully saturated rings. The smallest absolute Gasteiger partial charge is 0.332 e. The maximum atomic E-state index is 12.9. The Balaban J connectivity index is 1.49. The number of benzene rings is 1. The van der Waals surface area contributed by atoms with Crippen molar-refractivity contribution in [2.24, 2.45) is 5.92 Å². The van der Waals surface area contributed by atoms with Crippen LogP contribution in [0.25, 0.3) is 5.69 Å². The van der Waals surface area contributed by atoms with Crippen LogP contribution >= 0.6 is 0 Å². The van der Waals surface area contributed by atoms with Crippen LogP contribution in [0.4, 0.5) is 0 Å². The molecule has 2 N–H and O–H groups in total. The molecule has 0 radical (unpaired) electrons. The standard InChI is InChI=1S/C21H27N3O3/c25-20(26)17-3-7-19(8-4-17)24-14-13-23(21(24)27)18-5-1-15(2-6-18)16-9-11-22-12-10-16/h1-2,5-6,13-14,16-17,19,22H,3-4,7-12H2,(H,25,26). The van der Waals surface area contributed by atoms with Crippen molar-refractivity contribution in [3.63, 3.8) is 0 Å². The van der Waals surface area contributed by atoms with Gasteiger partial charge < -0.3 is 10.4 Å². The number of hydrogen-bond donors (Lipinski definition) is 2. The largest absolute Gasteiger partial charge is 0.481 e. The summed E-state index contributed by atoms with van der Waals surface area (Å²) in [6, 6.07) is 8.46. The zero-order valence-electron chi connectivity index (χ0n) is 15.5. The Morgan fingerprint density at radius 3 is 2.26 bits per heavy atom. The molecule has 4 rings (SSSR count). The topological polar surface area (TPSA) is 76.3 Å². The highest BCUT2D eigenvalue weighted by Crippen LogP contribution is 2.31. The highest BCUT2D eigenvalue weighted by atomic mass is 16.4. The van der Waals surface area contributed by atoms with Gasteiger partial charge in [0.05, 0.1) is 11.6 Å². The Kier molecular flexibility index (Phi) is 5.16. The van der Waals surface area contributed by atoms with Crippen molar-refractivity contribution in [2.45, 2.75) is 50.5 Å². The molecule has 27 heavy (non-hydrogen) atoms. The van der Waals surface area contributed by atoms with E-state index in [4.69, 9.17) is 5.11 Å². The normalized spacial score (nSPS) is 24.0. The molecule has 0 spiro atoms. The lowest BCUT2D eigenvalue weighted by Crippen LogP contribution is -2.30. The van der Waals surface area contributed by atoms with E-state index in [0.717, 1.165) is 44.5 Å². The molecule has 1 saturated carbocycles. The quantitative estimate of drug-likeness (QED) is 0.869. The number of hydrogen-bond acceptors (Lipinski definition) is 3. The number of imidazole rings is 1. The zero-order valence-corrected chi connectivity index (χ0v) is 15.5. The van der Waals surface area contributed by atoms with Crippen LogP contribution in [0, 0.1) is 5.92 Å². The van der Waals surface area contributed by atoms with Gasteiger partial charge in [-0.05, 0) is 75.2 Å². The van der Waals surface area contributed by atoms with Gasteiger partial charge in [0.25, 0.3) is 0 Å². The maximum Gasteiger partial charge on any atom is 0.332 e. The summed E-state index contributed by atoms with van der Waals surface area (Å²) in [5.74, 6) is -0.375. The van der Waals surface area contributed by atoms with E-state index in [0.29, 0.717) is 18.8 Å². The van der Waals surface area contributed by atoms with Crippen molar-refractivity contribution in [2.75, 3.05) is 13.1 Å². The highest BCUT2D eigenvalue weighted by molar-refractivity contribution is 5.70. The fraction of sp³-hybridized carbons (Fsp3) is 0.524. The maximum absolute atomic E-state index is 12.9. The van der Waals surface area contributed by atoms with Crippen LogP contribution in [0.2, 0.25) is 0 Å². The van der Waals surface area contributed by atoms with E-state index in [1.807, 2.05) is 24.5 Å². The average Bonchev–Trinajstić information content (AvgIpc) is 3.10. The van der Waals surface area contributed by atoms with Gasteiger partial charge in [-0.1, -0.05) is 12.1 Å². The van der Waals surface area contributed by atoms with Gasteiger partial charge in [-0.2, -0.15) is 0 Å². The molecule has 1 aliphatic carbocycles. The lowest BCUT2D eigenvalue weighted by molar-refractivity contribution is -0.143.